The molecule has 1 fully saturated rings. The van der Waals surface area contributed by atoms with E-state index >= 15 is 0 Å². The standard InChI is InChI=1S/C13H17ClO2/c1-12(2)7-13(12,8-15)10-6-9(14)4-5-11(10)16-3/h4-6,15H,7-8H2,1-3H3. The summed E-state index contributed by atoms with van der Waals surface area (Å²) >= 11 is 6.02. The van der Waals surface area contributed by atoms with E-state index in [9.17, 15) is 5.11 Å². The molecule has 1 unspecified atom stereocenters. The maximum atomic E-state index is 9.66. The average molecular weight is 241 g/mol. The maximum absolute atomic E-state index is 9.66. The fraction of sp³-hybridized carbons (Fsp3) is 0.538. The van der Waals surface area contributed by atoms with Gasteiger partial charge in [0.1, 0.15) is 5.75 Å². The van der Waals surface area contributed by atoms with E-state index in [-0.39, 0.29) is 17.4 Å². The quantitative estimate of drug-likeness (QED) is 0.880. The molecule has 1 aromatic carbocycles. The number of aliphatic hydroxyl groups excluding tert-OH is 1. The maximum Gasteiger partial charge on any atom is 0.122 e. The molecule has 1 atom stereocenters. The van der Waals surface area contributed by atoms with Crippen LogP contribution in [0.15, 0.2) is 18.2 Å². The zero-order valence-corrected chi connectivity index (χ0v) is 10.6. The van der Waals surface area contributed by atoms with E-state index in [1.165, 1.54) is 0 Å². The highest BCUT2D eigenvalue weighted by molar-refractivity contribution is 6.30. The van der Waals surface area contributed by atoms with Crippen molar-refractivity contribution in [3.63, 3.8) is 0 Å². The molecule has 1 N–H and O–H groups in total. The molecule has 0 spiro atoms. The molecule has 1 aliphatic carbocycles. The lowest BCUT2D eigenvalue weighted by molar-refractivity contribution is 0.228. The summed E-state index contributed by atoms with van der Waals surface area (Å²) in [4.78, 5) is 0. The minimum Gasteiger partial charge on any atom is -0.496 e. The summed E-state index contributed by atoms with van der Waals surface area (Å²) in [5.74, 6) is 0.809. The van der Waals surface area contributed by atoms with Gasteiger partial charge in [-0.25, -0.2) is 0 Å². The zero-order chi connectivity index (χ0) is 12.0. The van der Waals surface area contributed by atoms with Gasteiger partial charge in [-0.2, -0.15) is 0 Å². The Kier molecular flexibility index (Phi) is 2.67. The first-order valence-electron chi connectivity index (χ1n) is 5.42. The van der Waals surface area contributed by atoms with Crippen molar-refractivity contribution in [2.45, 2.75) is 25.7 Å². The Morgan fingerprint density at radius 3 is 2.50 bits per heavy atom. The van der Waals surface area contributed by atoms with Crippen LogP contribution in [0.1, 0.15) is 25.8 Å². The normalized spacial score (nSPS) is 26.6. The number of hydrogen-bond acceptors (Lipinski definition) is 2. The number of aliphatic hydroxyl groups is 1. The van der Waals surface area contributed by atoms with Gasteiger partial charge in [0.2, 0.25) is 0 Å². The summed E-state index contributed by atoms with van der Waals surface area (Å²) in [6.07, 6.45) is 0.965. The number of rotatable bonds is 3. The Morgan fingerprint density at radius 2 is 2.06 bits per heavy atom. The molecule has 2 rings (SSSR count). The Morgan fingerprint density at radius 1 is 1.44 bits per heavy atom. The Labute approximate surface area is 101 Å². The van der Waals surface area contributed by atoms with E-state index in [0.717, 1.165) is 17.7 Å². The van der Waals surface area contributed by atoms with Crippen LogP contribution < -0.4 is 4.74 Å². The summed E-state index contributed by atoms with van der Waals surface area (Å²) in [6.45, 7) is 4.45. The molecule has 1 aromatic rings. The third-order valence-corrected chi connectivity index (χ3v) is 4.10. The van der Waals surface area contributed by atoms with Crippen LogP contribution in [-0.4, -0.2) is 18.8 Å². The molecule has 0 radical (unpaired) electrons. The van der Waals surface area contributed by atoms with Gasteiger partial charge >= 0.3 is 0 Å². The van der Waals surface area contributed by atoms with Gasteiger partial charge in [0.15, 0.2) is 0 Å². The van der Waals surface area contributed by atoms with E-state index in [2.05, 4.69) is 13.8 Å². The molecular weight excluding hydrogens is 224 g/mol. The van der Waals surface area contributed by atoms with Crippen LogP contribution in [0.2, 0.25) is 5.02 Å². The van der Waals surface area contributed by atoms with Crippen LogP contribution >= 0.6 is 11.6 Å². The second-order valence-electron chi connectivity index (χ2n) is 5.15. The van der Waals surface area contributed by atoms with Crippen molar-refractivity contribution in [3.8, 4) is 5.75 Å². The van der Waals surface area contributed by atoms with Crippen LogP contribution in [0, 0.1) is 5.41 Å². The van der Waals surface area contributed by atoms with Gasteiger partial charge in [0, 0.05) is 16.0 Å². The van der Waals surface area contributed by atoms with E-state index in [1.807, 2.05) is 18.2 Å². The number of halogens is 1. The van der Waals surface area contributed by atoms with E-state index in [1.54, 1.807) is 7.11 Å². The SMILES string of the molecule is COc1ccc(Cl)cc1C1(CO)CC1(C)C. The highest BCUT2D eigenvalue weighted by Crippen LogP contribution is 2.65. The molecule has 2 nitrogen and oxygen atoms in total. The second kappa shape index (κ2) is 3.64. The first-order chi connectivity index (χ1) is 7.47. The van der Waals surface area contributed by atoms with Gasteiger partial charge < -0.3 is 9.84 Å². The molecule has 1 aliphatic rings. The lowest BCUT2D eigenvalue weighted by atomic mass is 9.88. The minimum atomic E-state index is -0.191. The second-order valence-corrected chi connectivity index (χ2v) is 5.58. The van der Waals surface area contributed by atoms with Crippen LogP contribution in [0.4, 0.5) is 0 Å². The smallest absolute Gasteiger partial charge is 0.122 e. The largest absolute Gasteiger partial charge is 0.496 e. The molecule has 3 heteroatoms. The topological polar surface area (TPSA) is 29.5 Å². The van der Waals surface area contributed by atoms with E-state index in [0.29, 0.717) is 5.02 Å². The van der Waals surface area contributed by atoms with Gasteiger partial charge in [-0.15, -0.1) is 0 Å². The molecule has 0 bridgehead atoms. The van der Waals surface area contributed by atoms with Gasteiger partial charge in [0.25, 0.3) is 0 Å². The lowest BCUT2D eigenvalue weighted by Crippen LogP contribution is -2.20. The number of hydrogen-bond donors (Lipinski definition) is 1. The molecule has 0 aliphatic heterocycles. The summed E-state index contributed by atoms with van der Waals surface area (Å²) < 4.78 is 5.35. The summed E-state index contributed by atoms with van der Waals surface area (Å²) in [5, 5.41) is 10.3. The Balaban J connectivity index is 2.51. The van der Waals surface area contributed by atoms with Crippen molar-refractivity contribution >= 4 is 11.6 Å². The van der Waals surface area contributed by atoms with Crippen LogP contribution in [0.3, 0.4) is 0 Å². The molecule has 0 heterocycles. The molecule has 0 saturated heterocycles. The number of ether oxygens (including phenoxy) is 1. The van der Waals surface area contributed by atoms with Crippen LogP contribution in [0.5, 0.6) is 5.75 Å². The molecule has 0 amide bonds. The van der Waals surface area contributed by atoms with Gasteiger partial charge in [0.05, 0.1) is 13.7 Å². The van der Waals surface area contributed by atoms with Crippen molar-refractivity contribution in [2.75, 3.05) is 13.7 Å². The monoisotopic (exact) mass is 240 g/mol. The van der Waals surface area contributed by atoms with Gasteiger partial charge in [-0.3, -0.25) is 0 Å². The number of benzene rings is 1. The average Bonchev–Trinajstić information content (AvgIpc) is 2.82. The third-order valence-electron chi connectivity index (χ3n) is 3.86. The van der Waals surface area contributed by atoms with Gasteiger partial charge in [-0.1, -0.05) is 25.4 Å². The van der Waals surface area contributed by atoms with Crippen molar-refractivity contribution in [1.82, 2.24) is 0 Å². The van der Waals surface area contributed by atoms with Crippen molar-refractivity contribution < 1.29 is 9.84 Å². The predicted octanol–water partition coefficient (Wildman–Crippen LogP) is 3.01. The fourth-order valence-electron chi connectivity index (χ4n) is 2.58. The molecule has 1 saturated carbocycles. The fourth-order valence-corrected chi connectivity index (χ4v) is 2.75. The Hall–Kier alpha value is -0.730. The third kappa shape index (κ3) is 1.52. The summed E-state index contributed by atoms with van der Waals surface area (Å²) in [6, 6.07) is 5.58. The first-order valence-corrected chi connectivity index (χ1v) is 5.79. The highest BCUT2D eigenvalue weighted by Gasteiger charge is 2.62. The highest BCUT2D eigenvalue weighted by atomic mass is 35.5. The van der Waals surface area contributed by atoms with E-state index < -0.39 is 0 Å². The molecule has 16 heavy (non-hydrogen) atoms. The lowest BCUT2D eigenvalue weighted by Gasteiger charge is -2.21. The van der Waals surface area contributed by atoms with Crippen LogP contribution in [0.25, 0.3) is 0 Å². The predicted molar refractivity (Wildman–Crippen MR) is 65.2 cm³/mol. The van der Waals surface area contributed by atoms with Crippen molar-refractivity contribution in [1.29, 1.82) is 0 Å². The van der Waals surface area contributed by atoms with E-state index in [4.69, 9.17) is 16.3 Å². The van der Waals surface area contributed by atoms with Crippen molar-refractivity contribution in [2.24, 2.45) is 5.41 Å². The summed E-state index contributed by atoms with van der Waals surface area (Å²) in [5.41, 5.74) is 0.943. The summed E-state index contributed by atoms with van der Waals surface area (Å²) in [7, 11) is 1.65. The zero-order valence-electron chi connectivity index (χ0n) is 9.88. The van der Waals surface area contributed by atoms with Crippen LogP contribution in [-0.2, 0) is 5.41 Å². The molecule has 0 aromatic heterocycles. The first kappa shape index (κ1) is 11.7. The minimum absolute atomic E-state index is 0.111. The van der Waals surface area contributed by atoms with Gasteiger partial charge in [-0.05, 0) is 30.0 Å². The number of methoxy groups -OCH3 is 1. The molecule has 88 valence electrons. The molecular formula is C13H17ClO2. The Bertz CT molecular complexity index is 414. The van der Waals surface area contributed by atoms with Crippen molar-refractivity contribution in [3.05, 3.63) is 28.8 Å².